The van der Waals surface area contributed by atoms with Gasteiger partial charge in [-0.3, -0.25) is 4.79 Å². The van der Waals surface area contributed by atoms with Gasteiger partial charge in [-0.1, -0.05) is 43.7 Å². The van der Waals surface area contributed by atoms with Gasteiger partial charge >= 0.3 is 5.97 Å². The average molecular weight is 383 g/mol. The first kappa shape index (κ1) is 21.6. The highest BCUT2D eigenvalue weighted by atomic mass is 16.5. The van der Waals surface area contributed by atoms with Crippen molar-refractivity contribution in [2.45, 2.75) is 33.6 Å². The zero-order valence-electron chi connectivity index (χ0n) is 17.0. The summed E-state index contributed by atoms with van der Waals surface area (Å²) in [6.07, 6.45) is 1.11. The highest BCUT2D eigenvalue weighted by Crippen LogP contribution is 2.12. The molecule has 0 radical (unpaired) electrons. The summed E-state index contributed by atoms with van der Waals surface area (Å²) in [7, 11) is 0. The fraction of sp³-hybridized carbons (Fsp3) is 0.391. The summed E-state index contributed by atoms with van der Waals surface area (Å²) in [6, 6.07) is 15.0. The number of carbonyl (C=O) groups is 2. The molecule has 2 rings (SSSR count). The Morgan fingerprint density at radius 3 is 2.21 bits per heavy atom. The van der Waals surface area contributed by atoms with Crippen molar-refractivity contribution < 1.29 is 14.3 Å². The van der Waals surface area contributed by atoms with E-state index in [0.717, 1.165) is 25.2 Å². The standard InChI is InChI=1S/C23H30N2O3/c1-4-25(5-2)16-17-28-23(27)20-11-13-21(14-12-20)24-22(26)15-10-19-8-6-18(3)7-9-19/h6-9,11-14H,4-5,10,15-17H2,1-3H3,(H,24,26). The number of anilines is 1. The molecule has 2 aromatic rings. The number of likely N-dealkylation sites (N-methyl/N-ethyl adjacent to an activating group) is 1. The van der Waals surface area contributed by atoms with E-state index in [4.69, 9.17) is 4.74 Å². The van der Waals surface area contributed by atoms with Gasteiger partial charge < -0.3 is 15.0 Å². The van der Waals surface area contributed by atoms with Crippen molar-refractivity contribution in [3.8, 4) is 0 Å². The molecule has 0 aromatic heterocycles. The Morgan fingerprint density at radius 2 is 1.61 bits per heavy atom. The number of esters is 1. The Balaban J connectivity index is 1.77. The normalized spacial score (nSPS) is 10.7. The fourth-order valence-corrected chi connectivity index (χ4v) is 2.82. The van der Waals surface area contributed by atoms with Crippen molar-refractivity contribution in [3.05, 3.63) is 65.2 Å². The number of hydrogen-bond acceptors (Lipinski definition) is 4. The van der Waals surface area contributed by atoms with Crippen LogP contribution in [0.15, 0.2) is 48.5 Å². The summed E-state index contributed by atoms with van der Waals surface area (Å²) in [5.74, 6) is -0.389. The minimum Gasteiger partial charge on any atom is -0.461 e. The second-order valence-corrected chi connectivity index (χ2v) is 6.77. The van der Waals surface area contributed by atoms with E-state index in [1.165, 1.54) is 5.56 Å². The molecule has 0 spiro atoms. The molecule has 0 unspecified atom stereocenters. The van der Waals surface area contributed by atoms with E-state index in [2.05, 4.69) is 24.1 Å². The lowest BCUT2D eigenvalue weighted by atomic mass is 10.1. The van der Waals surface area contributed by atoms with Gasteiger partial charge in [0.05, 0.1) is 5.56 Å². The van der Waals surface area contributed by atoms with E-state index in [-0.39, 0.29) is 11.9 Å². The zero-order chi connectivity index (χ0) is 20.4. The lowest BCUT2D eigenvalue weighted by molar-refractivity contribution is -0.116. The topological polar surface area (TPSA) is 58.6 Å². The molecule has 5 nitrogen and oxygen atoms in total. The van der Waals surface area contributed by atoms with E-state index in [9.17, 15) is 9.59 Å². The van der Waals surface area contributed by atoms with Crippen LogP contribution >= 0.6 is 0 Å². The van der Waals surface area contributed by atoms with Crippen molar-refractivity contribution in [3.63, 3.8) is 0 Å². The number of rotatable bonds is 10. The van der Waals surface area contributed by atoms with Gasteiger partial charge in [0.2, 0.25) is 5.91 Å². The first-order chi connectivity index (χ1) is 13.5. The molecule has 0 bridgehead atoms. The smallest absolute Gasteiger partial charge is 0.338 e. The largest absolute Gasteiger partial charge is 0.461 e. The van der Waals surface area contributed by atoms with Crippen LogP contribution in [0.1, 0.15) is 41.8 Å². The molecular weight excluding hydrogens is 352 g/mol. The van der Waals surface area contributed by atoms with Gasteiger partial charge in [-0.05, 0) is 56.3 Å². The predicted molar refractivity (Wildman–Crippen MR) is 113 cm³/mol. The Hall–Kier alpha value is -2.66. The molecule has 0 aliphatic rings. The summed E-state index contributed by atoms with van der Waals surface area (Å²) in [5.41, 5.74) is 3.51. The Morgan fingerprint density at radius 1 is 0.964 bits per heavy atom. The number of aryl methyl sites for hydroxylation is 2. The highest BCUT2D eigenvalue weighted by Gasteiger charge is 2.09. The van der Waals surface area contributed by atoms with Crippen molar-refractivity contribution in [1.29, 1.82) is 0 Å². The summed E-state index contributed by atoms with van der Waals surface area (Å²) in [5, 5.41) is 2.87. The molecule has 150 valence electrons. The molecule has 0 fully saturated rings. The maximum atomic E-state index is 12.1. The van der Waals surface area contributed by atoms with Crippen LogP contribution in [0.25, 0.3) is 0 Å². The number of amides is 1. The monoisotopic (exact) mass is 382 g/mol. The van der Waals surface area contributed by atoms with Gasteiger partial charge in [0.25, 0.3) is 0 Å². The highest BCUT2D eigenvalue weighted by molar-refractivity contribution is 5.93. The molecule has 0 saturated carbocycles. The molecular formula is C23H30N2O3. The third-order valence-electron chi connectivity index (χ3n) is 4.70. The second kappa shape index (κ2) is 11.2. The number of benzene rings is 2. The fourth-order valence-electron chi connectivity index (χ4n) is 2.82. The second-order valence-electron chi connectivity index (χ2n) is 6.77. The molecule has 5 heteroatoms. The maximum absolute atomic E-state index is 12.1. The summed E-state index contributed by atoms with van der Waals surface area (Å²) in [4.78, 5) is 26.4. The summed E-state index contributed by atoms with van der Waals surface area (Å²) < 4.78 is 5.31. The Labute approximate surface area is 167 Å². The van der Waals surface area contributed by atoms with E-state index in [1.54, 1.807) is 24.3 Å². The number of nitrogens with one attached hydrogen (secondary N) is 1. The van der Waals surface area contributed by atoms with Gasteiger partial charge in [0, 0.05) is 18.7 Å². The van der Waals surface area contributed by atoms with E-state index in [1.807, 2.05) is 31.2 Å². The quantitative estimate of drug-likeness (QED) is 0.630. The van der Waals surface area contributed by atoms with Crippen LogP contribution in [0.5, 0.6) is 0 Å². The van der Waals surface area contributed by atoms with E-state index >= 15 is 0 Å². The Bertz CT molecular complexity index is 750. The first-order valence-corrected chi connectivity index (χ1v) is 9.86. The number of carbonyl (C=O) groups excluding carboxylic acids is 2. The van der Waals surface area contributed by atoms with E-state index < -0.39 is 0 Å². The third kappa shape index (κ3) is 7.16. The maximum Gasteiger partial charge on any atom is 0.338 e. The molecule has 28 heavy (non-hydrogen) atoms. The zero-order valence-corrected chi connectivity index (χ0v) is 17.0. The molecule has 1 amide bonds. The van der Waals surface area contributed by atoms with Crippen molar-refractivity contribution in [1.82, 2.24) is 4.90 Å². The summed E-state index contributed by atoms with van der Waals surface area (Å²) in [6.45, 7) is 9.18. The number of nitrogens with zero attached hydrogens (tertiary/aromatic N) is 1. The van der Waals surface area contributed by atoms with Gasteiger partial charge in [-0.2, -0.15) is 0 Å². The van der Waals surface area contributed by atoms with Gasteiger partial charge in [0.15, 0.2) is 0 Å². The number of ether oxygens (including phenoxy) is 1. The van der Waals surface area contributed by atoms with Crippen molar-refractivity contribution >= 4 is 17.6 Å². The van der Waals surface area contributed by atoms with Crippen LogP contribution in [-0.4, -0.2) is 43.0 Å². The molecule has 0 aliphatic heterocycles. The minimum absolute atomic E-state index is 0.0462. The van der Waals surface area contributed by atoms with Gasteiger partial charge in [-0.15, -0.1) is 0 Å². The van der Waals surface area contributed by atoms with Gasteiger partial charge in [0.1, 0.15) is 6.61 Å². The van der Waals surface area contributed by atoms with Gasteiger partial charge in [-0.25, -0.2) is 4.79 Å². The molecule has 0 saturated heterocycles. The summed E-state index contributed by atoms with van der Waals surface area (Å²) >= 11 is 0. The third-order valence-corrected chi connectivity index (χ3v) is 4.70. The van der Waals surface area contributed by atoms with Crippen LogP contribution in [0.2, 0.25) is 0 Å². The predicted octanol–water partition coefficient (Wildman–Crippen LogP) is 4.06. The minimum atomic E-state index is -0.343. The van der Waals surface area contributed by atoms with Crippen LogP contribution in [-0.2, 0) is 16.0 Å². The molecule has 0 aliphatic carbocycles. The SMILES string of the molecule is CCN(CC)CCOC(=O)c1ccc(NC(=O)CCc2ccc(C)cc2)cc1. The molecule has 2 aromatic carbocycles. The van der Waals surface area contributed by atoms with Crippen LogP contribution in [0.4, 0.5) is 5.69 Å². The average Bonchev–Trinajstić information content (AvgIpc) is 2.71. The molecule has 0 atom stereocenters. The lowest BCUT2D eigenvalue weighted by Crippen LogP contribution is -2.27. The van der Waals surface area contributed by atoms with Crippen LogP contribution < -0.4 is 5.32 Å². The van der Waals surface area contributed by atoms with Crippen molar-refractivity contribution in [2.75, 3.05) is 31.6 Å². The van der Waals surface area contributed by atoms with E-state index in [0.29, 0.717) is 30.7 Å². The van der Waals surface area contributed by atoms with Crippen molar-refractivity contribution in [2.24, 2.45) is 0 Å². The van der Waals surface area contributed by atoms with Crippen LogP contribution in [0, 0.1) is 6.92 Å². The first-order valence-electron chi connectivity index (χ1n) is 9.86. The molecule has 1 N–H and O–H groups in total. The van der Waals surface area contributed by atoms with Crippen LogP contribution in [0.3, 0.4) is 0 Å². The number of hydrogen-bond donors (Lipinski definition) is 1. The Kier molecular flexibility index (Phi) is 8.69. The lowest BCUT2D eigenvalue weighted by Gasteiger charge is -2.17. The molecule has 0 heterocycles.